The number of rotatable bonds is 5. The molecule has 1 aromatic heterocycles. The summed E-state index contributed by atoms with van der Waals surface area (Å²) >= 11 is 0. The Morgan fingerprint density at radius 2 is 2.50 bits per heavy atom. The van der Waals surface area contributed by atoms with E-state index in [4.69, 9.17) is 9.26 Å². The van der Waals surface area contributed by atoms with Crippen molar-refractivity contribution >= 4 is 6.29 Å². The summed E-state index contributed by atoms with van der Waals surface area (Å²) in [6.07, 6.45) is 1.53. The van der Waals surface area contributed by atoms with Crippen LogP contribution in [0.15, 0.2) is 4.52 Å². The molecule has 0 aliphatic carbocycles. The lowest BCUT2D eigenvalue weighted by molar-refractivity contribution is -0.107. The minimum Gasteiger partial charge on any atom is -0.384 e. The lowest BCUT2D eigenvalue weighted by atomic mass is 10.4. The van der Waals surface area contributed by atoms with Crippen molar-refractivity contribution in [2.75, 3.05) is 13.7 Å². The van der Waals surface area contributed by atoms with E-state index in [1.54, 1.807) is 7.11 Å². The van der Waals surface area contributed by atoms with Gasteiger partial charge in [-0.3, -0.25) is 0 Å². The van der Waals surface area contributed by atoms with Crippen molar-refractivity contribution < 1.29 is 14.1 Å². The van der Waals surface area contributed by atoms with Crippen LogP contribution in [0, 0.1) is 0 Å². The molecule has 0 amide bonds. The van der Waals surface area contributed by atoms with Gasteiger partial charge in [-0.2, -0.15) is 4.98 Å². The van der Waals surface area contributed by atoms with Gasteiger partial charge in [0, 0.05) is 7.11 Å². The van der Waals surface area contributed by atoms with Gasteiger partial charge in [0.05, 0.1) is 19.4 Å². The second-order valence-electron chi connectivity index (χ2n) is 2.22. The maximum absolute atomic E-state index is 10.1. The van der Waals surface area contributed by atoms with Crippen LogP contribution < -0.4 is 0 Å². The van der Waals surface area contributed by atoms with E-state index in [0.29, 0.717) is 24.7 Å². The van der Waals surface area contributed by atoms with Crippen molar-refractivity contribution in [3.8, 4) is 0 Å². The second kappa shape index (κ2) is 4.61. The van der Waals surface area contributed by atoms with Crippen LogP contribution in [0.25, 0.3) is 0 Å². The fourth-order valence-electron chi connectivity index (χ4n) is 0.739. The van der Waals surface area contributed by atoms with Crippen LogP contribution in [0.3, 0.4) is 0 Å². The molecule has 0 fully saturated rings. The molecule has 1 rings (SSSR count). The van der Waals surface area contributed by atoms with Crippen LogP contribution in [-0.2, 0) is 22.4 Å². The van der Waals surface area contributed by atoms with Crippen molar-refractivity contribution in [1.29, 1.82) is 0 Å². The monoisotopic (exact) mass is 170 g/mol. The summed E-state index contributed by atoms with van der Waals surface area (Å²) in [5.41, 5.74) is 0. The molecule has 0 aliphatic heterocycles. The lowest BCUT2D eigenvalue weighted by Crippen LogP contribution is -1.95. The highest BCUT2D eigenvalue weighted by molar-refractivity contribution is 5.52. The number of hydrogen-bond donors (Lipinski definition) is 0. The van der Waals surface area contributed by atoms with Crippen molar-refractivity contribution in [3.05, 3.63) is 11.7 Å². The van der Waals surface area contributed by atoms with E-state index in [2.05, 4.69) is 10.1 Å². The van der Waals surface area contributed by atoms with Crippen molar-refractivity contribution in [2.45, 2.75) is 12.8 Å². The topological polar surface area (TPSA) is 65.2 Å². The molecule has 1 aromatic rings. The molecular formula is C7H10N2O3. The Balaban J connectivity index is 2.46. The summed E-state index contributed by atoms with van der Waals surface area (Å²) in [6.45, 7) is 0.544. The summed E-state index contributed by atoms with van der Waals surface area (Å²) in [5, 5.41) is 3.59. The van der Waals surface area contributed by atoms with Gasteiger partial charge < -0.3 is 14.1 Å². The number of ether oxygens (including phenoxy) is 1. The number of nitrogens with zero attached hydrogens (tertiary/aromatic N) is 2. The van der Waals surface area contributed by atoms with E-state index in [-0.39, 0.29) is 6.42 Å². The zero-order valence-corrected chi connectivity index (χ0v) is 6.82. The number of carbonyl (C=O) groups is 1. The summed E-state index contributed by atoms with van der Waals surface area (Å²) in [5.74, 6) is 0.935. The van der Waals surface area contributed by atoms with E-state index in [0.717, 1.165) is 6.29 Å². The maximum atomic E-state index is 10.1. The Labute approximate surface area is 69.7 Å². The highest BCUT2D eigenvalue weighted by atomic mass is 16.5. The Kier molecular flexibility index (Phi) is 3.40. The van der Waals surface area contributed by atoms with Crippen molar-refractivity contribution in [2.24, 2.45) is 0 Å². The van der Waals surface area contributed by atoms with Crippen molar-refractivity contribution in [1.82, 2.24) is 10.1 Å². The number of hydrogen-bond acceptors (Lipinski definition) is 5. The normalized spacial score (nSPS) is 10.1. The van der Waals surface area contributed by atoms with Gasteiger partial charge in [0.2, 0.25) is 5.89 Å². The molecule has 0 aliphatic rings. The van der Waals surface area contributed by atoms with E-state index in [9.17, 15) is 4.79 Å². The molecule has 0 saturated heterocycles. The van der Waals surface area contributed by atoms with Gasteiger partial charge in [0.15, 0.2) is 5.82 Å². The van der Waals surface area contributed by atoms with Crippen LogP contribution in [0.2, 0.25) is 0 Å². The molecule has 66 valence electrons. The zero-order valence-electron chi connectivity index (χ0n) is 6.82. The smallest absolute Gasteiger partial charge is 0.228 e. The third-order valence-electron chi connectivity index (χ3n) is 1.30. The third-order valence-corrected chi connectivity index (χ3v) is 1.30. The number of aldehydes is 1. The highest BCUT2D eigenvalue weighted by Crippen LogP contribution is 1.97. The van der Waals surface area contributed by atoms with E-state index in [1.165, 1.54) is 0 Å². The number of carbonyl (C=O) groups excluding carboxylic acids is 1. The van der Waals surface area contributed by atoms with E-state index >= 15 is 0 Å². The fourth-order valence-corrected chi connectivity index (χ4v) is 0.739. The molecule has 0 spiro atoms. The minimum atomic E-state index is 0.205. The van der Waals surface area contributed by atoms with Gasteiger partial charge in [-0.1, -0.05) is 5.16 Å². The molecule has 0 radical (unpaired) electrons. The molecule has 0 aromatic carbocycles. The highest BCUT2D eigenvalue weighted by Gasteiger charge is 2.04. The first-order valence-corrected chi connectivity index (χ1v) is 3.61. The molecule has 0 atom stereocenters. The molecule has 0 bridgehead atoms. The summed E-state index contributed by atoms with van der Waals surface area (Å²) in [4.78, 5) is 14.0. The molecule has 0 N–H and O–H groups in total. The number of aromatic nitrogens is 2. The summed E-state index contributed by atoms with van der Waals surface area (Å²) in [7, 11) is 1.60. The van der Waals surface area contributed by atoms with Crippen molar-refractivity contribution in [3.63, 3.8) is 0 Å². The van der Waals surface area contributed by atoms with Gasteiger partial charge in [0.1, 0.15) is 6.29 Å². The Morgan fingerprint density at radius 3 is 3.17 bits per heavy atom. The first-order chi connectivity index (χ1) is 5.86. The van der Waals surface area contributed by atoms with Crippen LogP contribution in [0.1, 0.15) is 11.7 Å². The van der Waals surface area contributed by atoms with Gasteiger partial charge in [-0.05, 0) is 0 Å². The molecular weight excluding hydrogens is 160 g/mol. The summed E-state index contributed by atoms with van der Waals surface area (Å²) < 4.78 is 9.64. The van der Waals surface area contributed by atoms with Gasteiger partial charge in [0.25, 0.3) is 0 Å². The van der Waals surface area contributed by atoms with Gasteiger partial charge >= 0.3 is 0 Å². The predicted molar refractivity (Wildman–Crippen MR) is 39.6 cm³/mol. The van der Waals surface area contributed by atoms with Crippen LogP contribution in [-0.4, -0.2) is 30.1 Å². The average Bonchev–Trinajstić information content (AvgIpc) is 2.50. The fraction of sp³-hybridized carbons (Fsp3) is 0.571. The first kappa shape index (κ1) is 8.86. The first-order valence-electron chi connectivity index (χ1n) is 3.61. The van der Waals surface area contributed by atoms with Gasteiger partial charge in [-0.25, -0.2) is 0 Å². The molecule has 1 heterocycles. The Hall–Kier alpha value is -1.23. The van der Waals surface area contributed by atoms with Crippen LogP contribution >= 0.6 is 0 Å². The zero-order chi connectivity index (χ0) is 8.81. The predicted octanol–water partition coefficient (Wildman–Crippen LogP) is -0.0001000. The van der Waals surface area contributed by atoms with Crippen LogP contribution in [0.5, 0.6) is 0 Å². The molecule has 5 nitrogen and oxygen atoms in total. The Morgan fingerprint density at radius 1 is 1.67 bits per heavy atom. The minimum absolute atomic E-state index is 0.205. The SMILES string of the molecule is COCCc1nc(CC=O)no1. The molecule has 12 heavy (non-hydrogen) atoms. The quantitative estimate of drug-likeness (QED) is 0.582. The Bertz CT molecular complexity index is 247. The molecule has 5 heteroatoms. The average molecular weight is 170 g/mol. The van der Waals surface area contributed by atoms with Gasteiger partial charge in [-0.15, -0.1) is 0 Å². The second-order valence-corrected chi connectivity index (χ2v) is 2.22. The largest absolute Gasteiger partial charge is 0.384 e. The van der Waals surface area contributed by atoms with E-state index in [1.807, 2.05) is 0 Å². The number of methoxy groups -OCH3 is 1. The molecule has 0 unspecified atom stereocenters. The summed E-state index contributed by atoms with van der Waals surface area (Å²) in [6, 6.07) is 0. The lowest BCUT2D eigenvalue weighted by Gasteiger charge is -1.89. The molecule has 0 saturated carbocycles. The standard InChI is InChI=1S/C7H10N2O3/c1-11-5-3-7-8-6(2-4-10)9-12-7/h4H,2-3,5H2,1H3. The third kappa shape index (κ3) is 2.43. The van der Waals surface area contributed by atoms with E-state index < -0.39 is 0 Å². The van der Waals surface area contributed by atoms with Crippen LogP contribution in [0.4, 0.5) is 0 Å². The maximum Gasteiger partial charge on any atom is 0.228 e.